The number of Topliss-reactive ketones (excluding diaryl/α,β-unsaturated/α-hetero) is 2. The molecule has 0 aliphatic carbocycles. The molecule has 9 N–H and O–H groups in total. The molecule has 0 saturated heterocycles. The zero-order valence-electron chi connectivity index (χ0n) is 46.4. The van der Waals surface area contributed by atoms with Gasteiger partial charge >= 0.3 is 23.9 Å². The van der Waals surface area contributed by atoms with Crippen LogP contribution < -0.4 is 26.6 Å². The van der Waals surface area contributed by atoms with Gasteiger partial charge in [-0.05, 0) is 51.9 Å². The van der Waals surface area contributed by atoms with Crippen molar-refractivity contribution in [3.05, 3.63) is 0 Å². The van der Waals surface area contributed by atoms with Crippen molar-refractivity contribution in [2.45, 2.75) is 193 Å². The minimum Gasteiger partial charge on any atom is -0.481 e. The Bertz CT molecular complexity index is 1770. The lowest BCUT2D eigenvalue weighted by Gasteiger charge is -2.15. The fourth-order valence-corrected chi connectivity index (χ4v) is 7.81. The van der Waals surface area contributed by atoms with Gasteiger partial charge in [-0.1, -0.05) is 90.4 Å². The molecule has 0 aromatic heterocycles. The van der Waals surface area contributed by atoms with Crippen LogP contribution in [-0.2, 0) is 71.7 Å². The van der Waals surface area contributed by atoms with Gasteiger partial charge in [0, 0.05) is 64.1 Å². The molecule has 0 aromatic carbocycles. The number of amides is 5. The van der Waals surface area contributed by atoms with Crippen molar-refractivity contribution in [1.82, 2.24) is 26.6 Å². The minimum atomic E-state index is -1.43. The van der Waals surface area contributed by atoms with E-state index in [-0.39, 0.29) is 134 Å². The number of unbranched alkanes of at least 4 members (excludes halogenated alkanes) is 14. The van der Waals surface area contributed by atoms with E-state index in [1.807, 2.05) is 6.92 Å². The third-order valence-electron chi connectivity index (χ3n) is 12.7. The van der Waals surface area contributed by atoms with Crippen LogP contribution in [0.3, 0.4) is 0 Å². The molecule has 0 heterocycles. The van der Waals surface area contributed by atoms with Crippen molar-refractivity contribution in [2.75, 3.05) is 72.5 Å². The average Bonchev–Trinajstić information content (AvgIpc) is 3.38. The highest BCUT2D eigenvalue weighted by Gasteiger charge is 2.26. The molecule has 448 valence electrons. The van der Waals surface area contributed by atoms with E-state index >= 15 is 0 Å². The molecular formula is C54H93N5O19. The van der Waals surface area contributed by atoms with Gasteiger partial charge in [0.05, 0.1) is 45.6 Å². The predicted molar refractivity (Wildman–Crippen MR) is 285 cm³/mol. The molecule has 4 atom stereocenters. The summed E-state index contributed by atoms with van der Waals surface area (Å²) < 4.78 is 21.2. The van der Waals surface area contributed by atoms with Gasteiger partial charge in [0.1, 0.15) is 36.9 Å². The molecule has 24 nitrogen and oxygen atoms in total. The van der Waals surface area contributed by atoms with Gasteiger partial charge in [0.25, 0.3) is 0 Å². The number of ketones is 2. The van der Waals surface area contributed by atoms with Crippen LogP contribution in [0.5, 0.6) is 0 Å². The summed E-state index contributed by atoms with van der Waals surface area (Å²) >= 11 is 0. The van der Waals surface area contributed by atoms with Crippen LogP contribution in [0.4, 0.5) is 0 Å². The standard InChI is InChI=1S/C54H93N5O19/c1-40(41(2)60)19-17-18-28-55-46(62)26-22-42(52(69)70)37-43(61)23-24-44(53(71)72)59-50(66)39-78-36-34-76-32-30-57-49(65)38-77-35-33-75-31-29-56-47(63)27-25-45(54(73)74)58-48(64)20-15-13-11-9-7-5-3-4-6-8-10-12-14-16-21-51(67)68/h40,42,44-45H,3-39H2,1-2H3,(H,55,62)(H,56,63)(H,57,65)(H,58,64)(H,59,66)(H,67,68)(H,69,70)(H,71,72)(H,73,74)/t40-,42+,44+,45-/m0/s1. The smallest absolute Gasteiger partial charge is 0.326 e. The molecule has 0 aromatic rings. The summed E-state index contributed by atoms with van der Waals surface area (Å²) in [5, 5.41) is 50.0. The molecule has 0 radical (unpaired) electrons. The zero-order valence-corrected chi connectivity index (χ0v) is 46.4. The first-order chi connectivity index (χ1) is 37.3. The molecule has 0 saturated carbocycles. The van der Waals surface area contributed by atoms with E-state index in [4.69, 9.17) is 24.1 Å². The monoisotopic (exact) mass is 1120 g/mol. The Morgan fingerprint density at radius 1 is 0.385 bits per heavy atom. The third-order valence-corrected chi connectivity index (χ3v) is 12.7. The van der Waals surface area contributed by atoms with Gasteiger partial charge in [-0.2, -0.15) is 0 Å². The molecular weight excluding hydrogens is 1020 g/mol. The zero-order chi connectivity index (χ0) is 58.2. The minimum absolute atomic E-state index is 0.0303. The van der Waals surface area contributed by atoms with E-state index in [1.165, 1.54) is 39.0 Å². The molecule has 0 rings (SSSR count). The van der Waals surface area contributed by atoms with Crippen LogP contribution in [0.15, 0.2) is 0 Å². The fraction of sp³-hybridized carbons (Fsp3) is 0.796. The molecule has 0 spiro atoms. The van der Waals surface area contributed by atoms with Gasteiger partial charge in [-0.15, -0.1) is 0 Å². The molecule has 0 fully saturated rings. The predicted octanol–water partition coefficient (Wildman–Crippen LogP) is 4.26. The highest BCUT2D eigenvalue weighted by molar-refractivity contribution is 5.87. The number of hydrogen-bond donors (Lipinski definition) is 9. The number of carbonyl (C=O) groups is 11. The van der Waals surface area contributed by atoms with E-state index in [0.29, 0.717) is 25.8 Å². The molecule has 5 amide bonds. The number of rotatable bonds is 55. The average molecular weight is 1120 g/mol. The van der Waals surface area contributed by atoms with Crippen LogP contribution in [0.25, 0.3) is 0 Å². The maximum Gasteiger partial charge on any atom is 0.326 e. The molecule has 0 unspecified atom stereocenters. The lowest BCUT2D eigenvalue weighted by molar-refractivity contribution is -0.145. The molecule has 0 aliphatic rings. The molecule has 0 aliphatic heterocycles. The number of carboxylic acid groups (broad SMARTS) is 4. The summed E-state index contributed by atoms with van der Waals surface area (Å²) in [6, 6.07) is -2.61. The third kappa shape index (κ3) is 45.4. The lowest BCUT2D eigenvalue weighted by Crippen LogP contribution is -2.43. The number of hydrogen-bond acceptors (Lipinski definition) is 15. The Hall–Kier alpha value is -5.59. The van der Waals surface area contributed by atoms with Crippen LogP contribution in [0.2, 0.25) is 0 Å². The van der Waals surface area contributed by atoms with Gasteiger partial charge in [-0.25, -0.2) is 9.59 Å². The Balaban J connectivity index is 3.95. The first-order valence-electron chi connectivity index (χ1n) is 27.9. The molecule has 78 heavy (non-hydrogen) atoms. The summed E-state index contributed by atoms with van der Waals surface area (Å²) in [6.07, 6.45) is 16.0. The largest absolute Gasteiger partial charge is 0.481 e. The first kappa shape index (κ1) is 72.4. The number of ether oxygens (including phenoxy) is 4. The van der Waals surface area contributed by atoms with Crippen LogP contribution in [-0.4, -0.2) is 170 Å². The summed E-state index contributed by atoms with van der Waals surface area (Å²) in [7, 11) is 0. The highest BCUT2D eigenvalue weighted by Crippen LogP contribution is 2.17. The van der Waals surface area contributed by atoms with E-state index in [1.54, 1.807) is 0 Å². The van der Waals surface area contributed by atoms with Crippen LogP contribution in [0, 0.1) is 11.8 Å². The summed E-state index contributed by atoms with van der Waals surface area (Å²) in [4.78, 5) is 131. The summed E-state index contributed by atoms with van der Waals surface area (Å²) in [6.45, 7) is 3.82. The summed E-state index contributed by atoms with van der Waals surface area (Å²) in [5.41, 5.74) is 0. The Morgan fingerprint density at radius 2 is 0.808 bits per heavy atom. The number of nitrogens with one attached hydrogen (secondary N) is 5. The molecule has 24 heteroatoms. The summed E-state index contributed by atoms with van der Waals surface area (Å²) in [5.74, 6) is -8.51. The Labute approximate surface area is 459 Å². The lowest BCUT2D eigenvalue weighted by atomic mass is 9.94. The van der Waals surface area contributed by atoms with Gasteiger partial charge in [-0.3, -0.25) is 43.2 Å². The second-order valence-corrected chi connectivity index (χ2v) is 19.5. The van der Waals surface area contributed by atoms with Crippen molar-refractivity contribution in [2.24, 2.45) is 11.8 Å². The van der Waals surface area contributed by atoms with Gasteiger partial charge < -0.3 is 66.0 Å². The maximum atomic E-state index is 12.6. The highest BCUT2D eigenvalue weighted by atomic mass is 16.5. The number of aliphatic carboxylic acids is 4. The molecule has 0 bridgehead atoms. The van der Waals surface area contributed by atoms with E-state index in [9.17, 15) is 68.1 Å². The van der Waals surface area contributed by atoms with Crippen molar-refractivity contribution in [3.63, 3.8) is 0 Å². The van der Waals surface area contributed by atoms with Crippen molar-refractivity contribution in [1.29, 1.82) is 0 Å². The number of carbonyl (C=O) groups excluding carboxylic acids is 7. The van der Waals surface area contributed by atoms with Gasteiger partial charge in [0.15, 0.2) is 0 Å². The maximum absolute atomic E-state index is 12.6. The van der Waals surface area contributed by atoms with E-state index < -0.39 is 78.4 Å². The van der Waals surface area contributed by atoms with Gasteiger partial charge in [0.2, 0.25) is 29.5 Å². The van der Waals surface area contributed by atoms with Crippen molar-refractivity contribution in [3.8, 4) is 0 Å². The second kappa shape index (κ2) is 48.5. The normalized spacial score (nSPS) is 12.6. The van der Waals surface area contributed by atoms with E-state index in [2.05, 4.69) is 26.6 Å². The first-order valence-corrected chi connectivity index (χ1v) is 27.9. The quantitative estimate of drug-likeness (QED) is 0.0384. The van der Waals surface area contributed by atoms with E-state index in [0.717, 1.165) is 57.8 Å². The second-order valence-electron chi connectivity index (χ2n) is 19.5. The topological polar surface area (TPSA) is 366 Å². The SMILES string of the molecule is CC(=O)[C@@H](C)CCCCNC(=O)CC[C@H](CC(=O)CC[C@@H](NC(=O)COCCOCCNC(=O)COCCOCCNC(=O)CC[C@H](NC(=O)CCCCCCCCCCCCCCCCC(=O)O)C(=O)O)C(=O)O)C(=O)O. The fourth-order valence-electron chi connectivity index (χ4n) is 7.81. The number of carboxylic acids is 4. The van der Waals surface area contributed by atoms with Crippen molar-refractivity contribution < 1.29 is 92.1 Å². The Morgan fingerprint density at radius 3 is 1.29 bits per heavy atom. The van der Waals surface area contributed by atoms with Crippen LogP contribution in [0.1, 0.15) is 181 Å². The van der Waals surface area contributed by atoms with Crippen LogP contribution >= 0.6 is 0 Å². The van der Waals surface area contributed by atoms with Crippen molar-refractivity contribution >= 4 is 65.0 Å². The Kier molecular flexibility index (Phi) is 45.1.